The van der Waals surface area contributed by atoms with Crippen LogP contribution in [0.1, 0.15) is 12.5 Å². The van der Waals surface area contributed by atoms with E-state index in [1.807, 2.05) is 19.1 Å². The lowest BCUT2D eigenvalue weighted by Crippen LogP contribution is -2.04. The second-order valence-corrected chi connectivity index (χ2v) is 7.86. The summed E-state index contributed by atoms with van der Waals surface area (Å²) in [6, 6.07) is 11.7. The number of rotatable bonds is 5. The SMILES string of the molecule is C/C=C/C=C/C(=O)O.Nc1nc2c(Oc3cc(-c4ccc(C(F)(F)F)cc4)ncn3)cccc2s1. The Hall–Kier alpha value is -4.25. The smallest absolute Gasteiger partial charge is 0.416 e. The van der Waals surface area contributed by atoms with Crippen molar-refractivity contribution in [2.45, 2.75) is 13.1 Å². The van der Waals surface area contributed by atoms with E-state index in [1.54, 1.807) is 24.3 Å². The average Bonchev–Trinajstić information content (AvgIpc) is 3.20. The second-order valence-electron chi connectivity index (χ2n) is 6.80. The highest BCUT2D eigenvalue weighted by molar-refractivity contribution is 7.22. The standard InChI is InChI=1S/C18H11F3N4OS.C6H8O2/c19-18(20,21)11-6-4-10(5-7-11)12-8-15(24-9-23-12)26-13-2-1-3-14-16(13)25-17(22)27-14;1-2-3-4-5-6(7)8/h1-9H,(H2,22,25);2-5H,1H3,(H,7,8)/b;3-2+,5-4+. The van der Waals surface area contributed by atoms with Crippen molar-refractivity contribution < 1.29 is 27.8 Å². The van der Waals surface area contributed by atoms with Gasteiger partial charge in [-0.05, 0) is 31.2 Å². The van der Waals surface area contributed by atoms with Crippen LogP contribution in [0, 0.1) is 0 Å². The topological polar surface area (TPSA) is 111 Å². The third-order valence-corrected chi connectivity index (χ3v) is 5.16. The number of halogens is 3. The van der Waals surface area contributed by atoms with Gasteiger partial charge in [0.25, 0.3) is 0 Å². The van der Waals surface area contributed by atoms with E-state index >= 15 is 0 Å². The van der Waals surface area contributed by atoms with Gasteiger partial charge in [-0.3, -0.25) is 0 Å². The summed E-state index contributed by atoms with van der Waals surface area (Å²) in [4.78, 5) is 22.2. The lowest BCUT2D eigenvalue weighted by atomic mass is 10.1. The van der Waals surface area contributed by atoms with Crippen LogP contribution < -0.4 is 10.5 Å². The molecule has 0 fully saturated rings. The predicted molar refractivity (Wildman–Crippen MR) is 128 cm³/mol. The van der Waals surface area contributed by atoms with E-state index in [0.29, 0.717) is 27.7 Å². The van der Waals surface area contributed by atoms with Crippen LogP contribution in [0.4, 0.5) is 18.3 Å². The number of carbonyl (C=O) groups is 1. The largest absolute Gasteiger partial charge is 0.478 e. The molecule has 0 saturated heterocycles. The minimum atomic E-state index is -4.38. The summed E-state index contributed by atoms with van der Waals surface area (Å²) < 4.78 is 44.8. The maximum Gasteiger partial charge on any atom is 0.416 e. The number of anilines is 1. The van der Waals surface area contributed by atoms with E-state index in [2.05, 4.69) is 15.0 Å². The van der Waals surface area contributed by atoms with Gasteiger partial charge in [0.2, 0.25) is 5.88 Å². The molecule has 2 aromatic carbocycles. The molecule has 0 aliphatic rings. The normalized spacial score (nSPS) is 11.5. The van der Waals surface area contributed by atoms with Crippen molar-refractivity contribution in [2.24, 2.45) is 0 Å². The summed E-state index contributed by atoms with van der Waals surface area (Å²) in [5.74, 6) is -0.181. The molecule has 35 heavy (non-hydrogen) atoms. The van der Waals surface area contributed by atoms with Gasteiger partial charge in [-0.15, -0.1) is 0 Å². The number of aromatic nitrogens is 3. The molecule has 7 nitrogen and oxygen atoms in total. The number of allylic oxidation sites excluding steroid dienone is 3. The van der Waals surface area contributed by atoms with Crippen molar-refractivity contribution in [3.05, 3.63) is 84.7 Å². The minimum absolute atomic E-state index is 0.249. The Kier molecular flexibility index (Phi) is 8.16. The molecular weight excluding hydrogens is 481 g/mol. The first kappa shape index (κ1) is 25.4. The number of hydrogen-bond donors (Lipinski definition) is 2. The number of alkyl halides is 3. The molecule has 0 spiro atoms. The van der Waals surface area contributed by atoms with Crippen LogP contribution in [0.15, 0.2) is 79.2 Å². The number of benzene rings is 2. The number of nitrogens with zero attached hydrogens (tertiary/aromatic N) is 3. The summed E-state index contributed by atoms with van der Waals surface area (Å²) in [7, 11) is 0. The Bertz CT molecular complexity index is 1370. The molecule has 11 heteroatoms. The van der Waals surface area contributed by atoms with Crippen LogP contribution in [0.5, 0.6) is 11.6 Å². The van der Waals surface area contributed by atoms with Crippen molar-refractivity contribution in [1.29, 1.82) is 0 Å². The Morgan fingerprint density at radius 3 is 2.51 bits per heavy atom. The zero-order valence-electron chi connectivity index (χ0n) is 18.2. The van der Waals surface area contributed by atoms with E-state index in [9.17, 15) is 18.0 Å². The van der Waals surface area contributed by atoms with Gasteiger partial charge in [-0.25, -0.2) is 19.7 Å². The number of aliphatic carboxylic acids is 1. The van der Waals surface area contributed by atoms with E-state index in [0.717, 1.165) is 22.9 Å². The lowest BCUT2D eigenvalue weighted by molar-refractivity contribution is -0.137. The Balaban J connectivity index is 0.000000371. The number of para-hydroxylation sites is 1. The number of nitrogens with two attached hydrogens (primary N) is 1. The van der Waals surface area contributed by atoms with E-state index < -0.39 is 17.7 Å². The molecule has 2 heterocycles. The fourth-order valence-corrected chi connectivity index (χ4v) is 3.52. The van der Waals surface area contributed by atoms with Gasteiger partial charge < -0.3 is 15.6 Å². The van der Waals surface area contributed by atoms with Crippen molar-refractivity contribution in [3.63, 3.8) is 0 Å². The molecule has 3 N–H and O–H groups in total. The fraction of sp³-hybridized carbons (Fsp3) is 0.0833. The van der Waals surface area contributed by atoms with Crippen molar-refractivity contribution in [1.82, 2.24) is 15.0 Å². The highest BCUT2D eigenvalue weighted by atomic mass is 32.1. The monoisotopic (exact) mass is 500 g/mol. The van der Waals surface area contributed by atoms with Crippen LogP contribution in [0.25, 0.3) is 21.5 Å². The van der Waals surface area contributed by atoms with Crippen LogP contribution in [-0.4, -0.2) is 26.0 Å². The van der Waals surface area contributed by atoms with Gasteiger partial charge in [-0.2, -0.15) is 13.2 Å². The molecule has 4 rings (SSSR count). The quantitative estimate of drug-likeness (QED) is 0.243. The van der Waals surface area contributed by atoms with Gasteiger partial charge >= 0.3 is 12.1 Å². The molecule has 0 aliphatic heterocycles. The summed E-state index contributed by atoms with van der Waals surface area (Å²) in [6.07, 6.45) is 2.89. The second kappa shape index (κ2) is 11.3. The number of ether oxygens (including phenoxy) is 1. The fourth-order valence-electron chi connectivity index (χ4n) is 2.77. The molecule has 180 valence electrons. The number of nitrogen functional groups attached to an aromatic ring is 1. The molecule has 0 radical (unpaired) electrons. The van der Waals surface area contributed by atoms with E-state index in [-0.39, 0.29) is 5.88 Å². The Morgan fingerprint density at radius 2 is 1.86 bits per heavy atom. The van der Waals surface area contributed by atoms with Gasteiger partial charge in [0.15, 0.2) is 10.9 Å². The highest BCUT2D eigenvalue weighted by Crippen LogP contribution is 2.34. The summed E-state index contributed by atoms with van der Waals surface area (Å²) in [6.45, 7) is 1.83. The highest BCUT2D eigenvalue weighted by Gasteiger charge is 2.30. The number of fused-ring (bicyclic) bond motifs is 1. The number of carboxylic acid groups (broad SMARTS) is 1. The first-order valence-electron chi connectivity index (χ1n) is 10.0. The summed E-state index contributed by atoms with van der Waals surface area (Å²) >= 11 is 1.34. The van der Waals surface area contributed by atoms with Crippen molar-refractivity contribution in [2.75, 3.05) is 5.73 Å². The number of hydrogen-bond acceptors (Lipinski definition) is 7. The molecule has 0 aliphatic carbocycles. The third-order valence-electron chi connectivity index (χ3n) is 4.31. The van der Waals surface area contributed by atoms with Crippen molar-refractivity contribution in [3.8, 4) is 22.9 Å². The van der Waals surface area contributed by atoms with Crippen LogP contribution in [-0.2, 0) is 11.0 Å². The van der Waals surface area contributed by atoms with Gasteiger partial charge in [-0.1, -0.05) is 47.8 Å². The molecule has 0 amide bonds. The summed E-state index contributed by atoms with van der Waals surface area (Å²) in [5.41, 5.74) is 6.61. The average molecular weight is 501 g/mol. The number of thiazole rings is 1. The zero-order chi connectivity index (χ0) is 25.4. The molecule has 0 atom stereocenters. The molecule has 0 unspecified atom stereocenters. The molecular formula is C24H19F3N4O3S. The number of carboxylic acids is 1. The summed E-state index contributed by atoms with van der Waals surface area (Å²) in [5, 5.41) is 8.44. The molecule has 2 aromatic heterocycles. The first-order valence-corrected chi connectivity index (χ1v) is 10.8. The van der Waals surface area contributed by atoms with Crippen LogP contribution >= 0.6 is 11.3 Å². The van der Waals surface area contributed by atoms with Gasteiger partial charge in [0, 0.05) is 17.7 Å². The third kappa shape index (κ3) is 7.11. The van der Waals surface area contributed by atoms with Crippen LogP contribution in [0.2, 0.25) is 0 Å². The first-order chi connectivity index (χ1) is 16.7. The maximum atomic E-state index is 12.7. The Labute approximate surface area is 202 Å². The minimum Gasteiger partial charge on any atom is -0.478 e. The van der Waals surface area contributed by atoms with Gasteiger partial charge in [0.05, 0.1) is 16.0 Å². The molecule has 0 bridgehead atoms. The molecule has 4 aromatic rings. The van der Waals surface area contributed by atoms with Crippen molar-refractivity contribution >= 4 is 32.7 Å². The Morgan fingerprint density at radius 1 is 1.11 bits per heavy atom. The van der Waals surface area contributed by atoms with Crippen LogP contribution in [0.3, 0.4) is 0 Å². The lowest BCUT2D eigenvalue weighted by Gasteiger charge is -2.09. The van der Waals surface area contributed by atoms with E-state index in [1.165, 1.54) is 35.9 Å². The zero-order valence-corrected chi connectivity index (χ0v) is 19.0. The molecule has 0 saturated carbocycles. The predicted octanol–water partition coefficient (Wildman–Crippen LogP) is 6.35. The van der Waals surface area contributed by atoms with E-state index in [4.69, 9.17) is 15.6 Å². The van der Waals surface area contributed by atoms with Gasteiger partial charge in [0.1, 0.15) is 11.8 Å². The maximum absolute atomic E-state index is 12.7.